The largest absolute Gasteiger partial charge is 0.321 e. The van der Waals surface area contributed by atoms with E-state index in [9.17, 15) is 18.4 Å². The number of carbonyl (C=O) groups excluding carboxylic acids is 2. The Hall–Kier alpha value is -3.32. The molecule has 0 fully saturated rings. The number of halogens is 3. The van der Waals surface area contributed by atoms with E-state index in [1.807, 2.05) is 0 Å². The zero-order valence-electron chi connectivity index (χ0n) is 13.7. The molecule has 27 heavy (non-hydrogen) atoms. The van der Waals surface area contributed by atoms with Crippen molar-refractivity contribution in [2.24, 2.45) is 0 Å². The van der Waals surface area contributed by atoms with Crippen molar-refractivity contribution in [3.05, 3.63) is 88.7 Å². The number of carbonyl (C=O) groups is 2. The molecular weight excluding hydrogens is 376 g/mol. The van der Waals surface area contributed by atoms with Gasteiger partial charge in [0.2, 0.25) is 0 Å². The predicted molar refractivity (Wildman–Crippen MR) is 98.0 cm³/mol. The van der Waals surface area contributed by atoms with Gasteiger partial charge in [-0.15, -0.1) is 0 Å². The second-order valence-electron chi connectivity index (χ2n) is 5.44. The zero-order chi connectivity index (χ0) is 19.4. The first-order valence-corrected chi connectivity index (χ1v) is 8.10. The Morgan fingerprint density at radius 3 is 2.22 bits per heavy atom. The average molecular weight is 388 g/mol. The molecular formula is C19H12ClF2N3O2. The van der Waals surface area contributed by atoms with Gasteiger partial charge in [-0.25, -0.2) is 8.78 Å². The summed E-state index contributed by atoms with van der Waals surface area (Å²) < 4.78 is 27.3. The lowest BCUT2D eigenvalue weighted by molar-refractivity contribution is 0.102. The van der Waals surface area contributed by atoms with Crippen LogP contribution in [0, 0.1) is 11.6 Å². The van der Waals surface area contributed by atoms with Gasteiger partial charge in [-0.1, -0.05) is 17.7 Å². The Labute approximate surface area is 158 Å². The lowest BCUT2D eigenvalue weighted by Crippen LogP contribution is -2.17. The summed E-state index contributed by atoms with van der Waals surface area (Å²) in [5.74, 6) is -3.14. The molecule has 5 nitrogen and oxygen atoms in total. The molecule has 1 heterocycles. The first-order valence-electron chi connectivity index (χ1n) is 7.72. The Balaban J connectivity index is 1.77. The Kier molecular flexibility index (Phi) is 5.42. The number of aromatic nitrogens is 1. The molecule has 8 heteroatoms. The van der Waals surface area contributed by atoms with Crippen LogP contribution in [0.5, 0.6) is 0 Å². The molecule has 0 spiro atoms. The third kappa shape index (κ3) is 4.45. The summed E-state index contributed by atoms with van der Waals surface area (Å²) in [6, 6.07) is 12.2. The number of hydrogen-bond acceptors (Lipinski definition) is 3. The first-order chi connectivity index (χ1) is 12.9. The molecule has 0 saturated carbocycles. The van der Waals surface area contributed by atoms with Crippen molar-refractivity contribution in [3.63, 3.8) is 0 Å². The van der Waals surface area contributed by atoms with Gasteiger partial charge in [0.25, 0.3) is 11.8 Å². The molecule has 2 amide bonds. The second kappa shape index (κ2) is 7.92. The summed E-state index contributed by atoms with van der Waals surface area (Å²) in [4.78, 5) is 28.5. The van der Waals surface area contributed by atoms with Gasteiger partial charge in [0, 0.05) is 22.5 Å². The van der Waals surface area contributed by atoms with Crippen molar-refractivity contribution in [1.29, 1.82) is 0 Å². The van der Waals surface area contributed by atoms with Gasteiger partial charge in [0.15, 0.2) is 0 Å². The van der Waals surface area contributed by atoms with Crippen LogP contribution in [0.1, 0.15) is 20.8 Å². The highest BCUT2D eigenvalue weighted by molar-refractivity contribution is 6.30. The Bertz CT molecular complexity index is 990. The SMILES string of the molecule is O=C(Nc1c(F)cccc1F)c1ccnc(C(=O)Nc2ccc(Cl)cc2)c1. The van der Waals surface area contributed by atoms with Crippen molar-refractivity contribution >= 4 is 34.8 Å². The molecule has 136 valence electrons. The zero-order valence-corrected chi connectivity index (χ0v) is 14.4. The number of pyridine rings is 1. The van der Waals surface area contributed by atoms with Crippen LogP contribution in [0.3, 0.4) is 0 Å². The molecule has 0 aliphatic carbocycles. The van der Waals surface area contributed by atoms with E-state index in [0.717, 1.165) is 12.1 Å². The second-order valence-corrected chi connectivity index (χ2v) is 5.88. The molecule has 0 unspecified atom stereocenters. The fourth-order valence-corrected chi connectivity index (χ4v) is 2.35. The highest BCUT2D eigenvalue weighted by Gasteiger charge is 2.16. The summed E-state index contributed by atoms with van der Waals surface area (Å²) in [5, 5.41) is 5.28. The van der Waals surface area contributed by atoms with Crippen molar-refractivity contribution in [3.8, 4) is 0 Å². The van der Waals surface area contributed by atoms with Crippen LogP contribution >= 0.6 is 11.6 Å². The number of anilines is 2. The standard InChI is InChI=1S/C19H12ClF2N3O2/c20-12-4-6-13(7-5-12)24-19(27)16-10-11(8-9-23-16)18(26)25-17-14(21)2-1-3-15(17)22/h1-10H,(H,24,27)(H,25,26). The molecule has 3 rings (SSSR count). The van der Waals surface area contributed by atoms with Crippen molar-refractivity contribution < 1.29 is 18.4 Å². The molecule has 0 bridgehead atoms. The van der Waals surface area contributed by atoms with E-state index in [0.29, 0.717) is 10.7 Å². The van der Waals surface area contributed by atoms with Crippen molar-refractivity contribution in [2.45, 2.75) is 0 Å². The molecule has 2 aromatic carbocycles. The van der Waals surface area contributed by atoms with Gasteiger partial charge in [0.1, 0.15) is 23.0 Å². The van der Waals surface area contributed by atoms with Gasteiger partial charge in [-0.05, 0) is 48.5 Å². The number of para-hydroxylation sites is 1. The van der Waals surface area contributed by atoms with E-state index in [2.05, 4.69) is 15.6 Å². The van der Waals surface area contributed by atoms with Crippen molar-refractivity contribution in [1.82, 2.24) is 4.98 Å². The molecule has 0 aliphatic heterocycles. The van der Waals surface area contributed by atoms with Gasteiger partial charge in [-0.3, -0.25) is 14.6 Å². The first kappa shape index (κ1) is 18.5. The van der Waals surface area contributed by atoms with Crippen LogP contribution in [-0.2, 0) is 0 Å². The maximum absolute atomic E-state index is 13.7. The third-order valence-corrected chi connectivity index (χ3v) is 3.81. The monoisotopic (exact) mass is 387 g/mol. The quantitative estimate of drug-likeness (QED) is 0.691. The van der Waals surface area contributed by atoms with E-state index < -0.39 is 29.1 Å². The minimum atomic E-state index is -0.905. The van der Waals surface area contributed by atoms with Gasteiger partial charge in [-0.2, -0.15) is 0 Å². The van der Waals surface area contributed by atoms with Crippen LogP contribution in [0.2, 0.25) is 5.02 Å². The van der Waals surface area contributed by atoms with Gasteiger partial charge in [0.05, 0.1) is 0 Å². The molecule has 1 aromatic heterocycles. The number of nitrogens with zero attached hydrogens (tertiary/aromatic N) is 1. The maximum Gasteiger partial charge on any atom is 0.274 e. The van der Waals surface area contributed by atoms with E-state index in [4.69, 9.17) is 11.6 Å². The van der Waals surface area contributed by atoms with Crippen LogP contribution in [-0.4, -0.2) is 16.8 Å². The summed E-state index contributed by atoms with van der Waals surface area (Å²) >= 11 is 5.79. The van der Waals surface area contributed by atoms with Gasteiger partial charge < -0.3 is 10.6 Å². The fourth-order valence-electron chi connectivity index (χ4n) is 2.23. The lowest BCUT2D eigenvalue weighted by Gasteiger charge is -2.09. The molecule has 0 saturated heterocycles. The molecule has 2 N–H and O–H groups in total. The molecule has 0 atom stereocenters. The molecule has 0 radical (unpaired) electrons. The third-order valence-electron chi connectivity index (χ3n) is 3.56. The van der Waals surface area contributed by atoms with E-state index >= 15 is 0 Å². The topological polar surface area (TPSA) is 71.1 Å². The van der Waals surface area contributed by atoms with Crippen LogP contribution in [0.4, 0.5) is 20.2 Å². The number of nitrogens with one attached hydrogen (secondary N) is 2. The molecule has 0 aliphatic rings. The number of benzene rings is 2. The highest BCUT2D eigenvalue weighted by Crippen LogP contribution is 2.19. The predicted octanol–water partition coefficient (Wildman–Crippen LogP) is 4.52. The van der Waals surface area contributed by atoms with E-state index in [1.165, 1.54) is 24.4 Å². The van der Waals surface area contributed by atoms with E-state index in [1.54, 1.807) is 24.3 Å². The number of amides is 2. The van der Waals surface area contributed by atoms with Crippen LogP contribution in [0.25, 0.3) is 0 Å². The minimum Gasteiger partial charge on any atom is -0.321 e. The van der Waals surface area contributed by atoms with Gasteiger partial charge >= 0.3 is 0 Å². The minimum absolute atomic E-state index is 0.0221. The summed E-state index contributed by atoms with van der Waals surface area (Å²) in [7, 11) is 0. The smallest absolute Gasteiger partial charge is 0.274 e. The average Bonchev–Trinajstić information content (AvgIpc) is 2.66. The van der Waals surface area contributed by atoms with Crippen LogP contribution in [0.15, 0.2) is 60.8 Å². The normalized spacial score (nSPS) is 10.3. The molecule has 3 aromatic rings. The highest BCUT2D eigenvalue weighted by atomic mass is 35.5. The Morgan fingerprint density at radius 2 is 1.56 bits per heavy atom. The fraction of sp³-hybridized carbons (Fsp3) is 0. The number of rotatable bonds is 4. The summed E-state index contributed by atoms with van der Waals surface area (Å²) in [6.07, 6.45) is 1.25. The van der Waals surface area contributed by atoms with Crippen molar-refractivity contribution in [2.75, 3.05) is 10.6 Å². The van der Waals surface area contributed by atoms with Crippen LogP contribution < -0.4 is 10.6 Å². The lowest BCUT2D eigenvalue weighted by atomic mass is 10.2. The Morgan fingerprint density at radius 1 is 0.889 bits per heavy atom. The summed E-state index contributed by atoms with van der Waals surface area (Å²) in [5.41, 5.74) is -0.0820. The maximum atomic E-state index is 13.7. The summed E-state index contributed by atoms with van der Waals surface area (Å²) in [6.45, 7) is 0. The van der Waals surface area contributed by atoms with E-state index in [-0.39, 0.29) is 11.3 Å². The number of hydrogen-bond donors (Lipinski definition) is 2.